The van der Waals surface area contributed by atoms with E-state index in [0.29, 0.717) is 5.82 Å². The predicted molar refractivity (Wildman–Crippen MR) is 227 cm³/mol. The van der Waals surface area contributed by atoms with E-state index < -0.39 is 0 Å². The summed E-state index contributed by atoms with van der Waals surface area (Å²) in [6.45, 7) is 0. The van der Waals surface area contributed by atoms with Gasteiger partial charge in [-0.2, -0.15) is 0 Å². The number of rotatable bonds is 7. The molecule has 0 fully saturated rings. The molecule has 2 heterocycles. The Morgan fingerprint density at radius 2 is 0.836 bits per heavy atom. The summed E-state index contributed by atoms with van der Waals surface area (Å²) in [5, 5.41) is 2.41. The molecule has 8 aromatic carbocycles. The fourth-order valence-electron chi connectivity index (χ4n) is 7.57. The molecule has 55 heavy (non-hydrogen) atoms. The lowest BCUT2D eigenvalue weighted by Crippen LogP contribution is -1.97. The number of aromatic nitrogens is 4. The van der Waals surface area contributed by atoms with Crippen LogP contribution in [0.4, 0.5) is 0 Å². The molecule has 10 rings (SSSR count). The lowest BCUT2D eigenvalue weighted by atomic mass is 9.91. The maximum Gasteiger partial charge on any atom is 0.160 e. The van der Waals surface area contributed by atoms with Gasteiger partial charge in [-0.05, 0) is 63.4 Å². The van der Waals surface area contributed by atoms with Crippen molar-refractivity contribution < 1.29 is 0 Å². The molecular weight excluding hydrogens is 669 g/mol. The van der Waals surface area contributed by atoms with E-state index in [1.54, 1.807) is 0 Å². The molecular formula is C51H34N4. The number of hydrogen-bond acceptors (Lipinski definition) is 3. The fraction of sp³-hybridized carbons (Fsp3) is 0. The first-order valence-electron chi connectivity index (χ1n) is 18.5. The number of benzene rings is 8. The average molecular weight is 703 g/mol. The van der Waals surface area contributed by atoms with Crippen LogP contribution in [0.3, 0.4) is 0 Å². The Bertz CT molecular complexity index is 2870. The molecule has 2 aromatic heterocycles. The van der Waals surface area contributed by atoms with E-state index in [-0.39, 0.29) is 0 Å². The van der Waals surface area contributed by atoms with E-state index >= 15 is 0 Å². The Kier molecular flexibility index (Phi) is 8.12. The molecule has 0 saturated heterocycles. The third-order valence-electron chi connectivity index (χ3n) is 10.3. The second kappa shape index (κ2) is 13.8. The van der Waals surface area contributed by atoms with E-state index in [9.17, 15) is 0 Å². The van der Waals surface area contributed by atoms with Gasteiger partial charge in [0.2, 0.25) is 0 Å². The van der Waals surface area contributed by atoms with Crippen LogP contribution >= 0.6 is 0 Å². The maximum absolute atomic E-state index is 5.09. The minimum atomic E-state index is 0.700. The molecule has 0 amide bonds. The van der Waals surface area contributed by atoms with Crippen molar-refractivity contribution in [1.29, 1.82) is 0 Å². The summed E-state index contributed by atoms with van der Waals surface area (Å²) in [5.74, 6) is 1.62. The normalized spacial score (nSPS) is 11.3. The minimum Gasteiger partial charge on any atom is -0.292 e. The standard InChI is InChI=1S/C51H34N4/c1-4-14-37(15-5-1)46-34-47(38-16-6-2-7-17-38)53-50(52-46)40-30-26-35(27-31-40)43-22-12-18-39-19-13-23-44(49(39)43)36-28-32-41(33-29-36)51-54-45-24-10-11-25-48(45)55(51)42-20-8-3-9-21-42/h1-34H. The van der Waals surface area contributed by atoms with Gasteiger partial charge in [0.05, 0.1) is 22.4 Å². The van der Waals surface area contributed by atoms with Crippen LogP contribution in [0.15, 0.2) is 206 Å². The van der Waals surface area contributed by atoms with Crippen molar-refractivity contribution in [3.05, 3.63) is 206 Å². The monoisotopic (exact) mass is 702 g/mol. The molecule has 0 spiro atoms. The van der Waals surface area contributed by atoms with E-state index in [2.05, 4.69) is 162 Å². The summed E-state index contributed by atoms with van der Waals surface area (Å²) >= 11 is 0. The van der Waals surface area contributed by atoms with Gasteiger partial charge in [-0.1, -0.05) is 176 Å². The largest absolute Gasteiger partial charge is 0.292 e. The molecule has 0 aliphatic heterocycles. The Hall–Kier alpha value is -7.43. The molecule has 0 aliphatic rings. The van der Waals surface area contributed by atoms with E-state index in [1.165, 1.54) is 21.9 Å². The van der Waals surface area contributed by atoms with Crippen molar-refractivity contribution in [2.24, 2.45) is 0 Å². The fourth-order valence-corrected chi connectivity index (χ4v) is 7.57. The van der Waals surface area contributed by atoms with Crippen molar-refractivity contribution in [2.45, 2.75) is 0 Å². The van der Waals surface area contributed by atoms with Crippen molar-refractivity contribution in [1.82, 2.24) is 19.5 Å². The Morgan fingerprint density at radius 3 is 1.42 bits per heavy atom. The number of imidazole rings is 1. The summed E-state index contributed by atoms with van der Waals surface area (Å²) in [7, 11) is 0. The molecule has 10 aromatic rings. The second-order valence-electron chi connectivity index (χ2n) is 13.7. The topological polar surface area (TPSA) is 43.6 Å². The van der Waals surface area contributed by atoms with Crippen LogP contribution in [0.5, 0.6) is 0 Å². The Morgan fingerprint density at radius 1 is 0.345 bits per heavy atom. The van der Waals surface area contributed by atoms with Gasteiger partial charge in [-0.15, -0.1) is 0 Å². The third kappa shape index (κ3) is 6.06. The Balaban J connectivity index is 1.03. The third-order valence-corrected chi connectivity index (χ3v) is 10.3. The zero-order chi connectivity index (χ0) is 36.6. The molecule has 0 aliphatic carbocycles. The zero-order valence-corrected chi connectivity index (χ0v) is 29.9. The highest BCUT2D eigenvalue weighted by Gasteiger charge is 2.16. The number of nitrogens with zero attached hydrogens (tertiary/aromatic N) is 4. The molecule has 4 nitrogen and oxygen atoms in total. The van der Waals surface area contributed by atoms with Crippen LogP contribution in [0.25, 0.3) is 95.0 Å². The average Bonchev–Trinajstić information content (AvgIpc) is 3.67. The molecule has 0 bridgehead atoms. The first kappa shape index (κ1) is 32.2. The van der Waals surface area contributed by atoms with Crippen molar-refractivity contribution in [3.63, 3.8) is 0 Å². The highest BCUT2D eigenvalue weighted by molar-refractivity contribution is 6.06. The van der Waals surface area contributed by atoms with E-state index in [0.717, 1.165) is 67.3 Å². The van der Waals surface area contributed by atoms with Crippen molar-refractivity contribution >= 4 is 21.8 Å². The molecule has 0 unspecified atom stereocenters. The summed E-state index contributed by atoms with van der Waals surface area (Å²) in [4.78, 5) is 15.2. The SMILES string of the molecule is c1ccc(-c2cc(-c3ccccc3)nc(-c3ccc(-c4cccc5cccc(-c6ccc(-c7nc8ccccc8n7-c7ccccc7)cc6)c45)cc3)n2)cc1. The zero-order valence-electron chi connectivity index (χ0n) is 29.9. The molecule has 0 atom stereocenters. The molecule has 0 saturated carbocycles. The van der Waals surface area contributed by atoms with Crippen LogP contribution < -0.4 is 0 Å². The van der Waals surface area contributed by atoms with Gasteiger partial charge in [0.15, 0.2) is 5.82 Å². The molecule has 0 N–H and O–H groups in total. The van der Waals surface area contributed by atoms with E-state index in [4.69, 9.17) is 15.0 Å². The number of fused-ring (bicyclic) bond motifs is 2. The summed E-state index contributed by atoms with van der Waals surface area (Å²) in [6, 6.07) is 72.1. The second-order valence-corrected chi connectivity index (χ2v) is 13.7. The van der Waals surface area contributed by atoms with Gasteiger partial charge in [-0.3, -0.25) is 4.57 Å². The van der Waals surface area contributed by atoms with Gasteiger partial charge in [0, 0.05) is 27.9 Å². The first-order valence-corrected chi connectivity index (χ1v) is 18.5. The smallest absolute Gasteiger partial charge is 0.160 e. The molecule has 4 heteroatoms. The summed E-state index contributed by atoms with van der Waals surface area (Å²) in [6.07, 6.45) is 0. The van der Waals surface area contributed by atoms with Gasteiger partial charge < -0.3 is 0 Å². The van der Waals surface area contributed by atoms with Gasteiger partial charge >= 0.3 is 0 Å². The lowest BCUT2D eigenvalue weighted by molar-refractivity contribution is 1.10. The highest BCUT2D eigenvalue weighted by atomic mass is 15.1. The van der Waals surface area contributed by atoms with Crippen LogP contribution in [-0.4, -0.2) is 19.5 Å². The van der Waals surface area contributed by atoms with Crippen LogP contribution in [0.2, 0.25) is 0 Å². The lowest BCUT2D eigenvalue weighted by Gasteiger charge is -2.14. The van der Waals surface area contributed by atoms with Gasteiger partial charge in [-0.25, -0.2) is 15.0 Å². The van der Waals surface area contributed by atoms with Crippen molar-refractivity contribution in [3.8, 4) is 73.2 Å². The maximum atomic E-state index is 5.09. The van der Waals surface area contributed by atoms with Crippen molar-refractivity contribution in [2.75, 3.05) is 0 Å². The number of para-hydroxylation sites is 3. The molecule has 258 valence electrons. The number of hydrogen-bond donors (Lipinski definition) is 0. The first-order chi connectivity index (χ1) is 27.3. The quantitative estimate of drug-likeness (QED) is 0.166. The summed E-state index contributed by atoms with van der Waals surface area (Å²) < 4.78 is 2.25. The summed E-state index contributed by atoms with van der Waals surface area (Å²) in [5.41, 5.74) is 13.8. The van der Waals surface area contributed by atoms with Crippen LogP contribution in [0.1, 0.15) is 0 Å². The van der Waals surface area contributed by atoms with Gasteiger partial charge in [0.1, 0.15) is 5.82 Å². The van der Waals surface area contributed by atoms with E-state index in [1.807, 2.05) is 48.5 Å². The van der Waals surface area contributed by atoms with Crippen LogP contribution in [0, 0.1) is 0 Å². The molecule has 0 radical (unpaired) electrons. The minimum absolute atomic E-state index is 0.700. The highest BCUT2D eigenvalue weighted by Crippen LogP contribution is 2.38. The van der Waals surface area contributed by atoms with Crippen LogP contribution in [-0.2, 0) is 0 Å². The predicted octanol–water partition coefficient (Wildman–Crippen LogP) is 13.0. The van der Waals surface area contributed by atoms with Gasteiger partial charge in [0.25, 0.3) is 0 Å². The Labute approximate surface area is 319 Å².